The largest absolute Gasteiger partial charge is 0.361 e. The van der Waals surface area contributed by atoms with Gasteiger partial charge in [-0.15, -0.1) is 0 Å². The minimum absolute atomic E-state index is 0.137. The van der Waals surface area contributed by atoms with Crippen LogP contribution in [0.1, 0.15) is 21.5 Å². The number of benzene rings is 3. The van der Waals surface area contributed by atoms with Gasteiger partial charge in [-0.2, -0.15) is 17.6 Å². The number of nitrogens with zero attached hydrogens (tertiary/aromatic N) is 1. The maximum Gasteiger partial charge on any atom is 0.352 e. The first-order valence-corrected chi connectivity index (χ1v) is 19.6. The van der Waals surface area contributed by atoms with Gasteiger partial charge in [0.25, 0.3) is 17.6 Å². The second kappa shape index (κ2) is 13.7. The van der Waals surface area contributed by atoms with Crippen molar-refractivity contribution in [1.29, 1.82) is 0 Å². The van der Waals surface area contributed by atoms with Crippen LogP contribution in [-0.4, -0.2) is 44.9 Å². The van der Waals surface area contributed by atoms with Crippen LogP contribution in [0, 0.1) is 0 Å². The number of anilines is 3. The molecule has 0 fully saturated rings. The highest BCUT2D eigenvalue weighted by Gasteiger charge is 2.53. The van der Waals surface area contributed by atoms with Gasteiger partial charge in [-0.1, -0.05) is 67.4 Å². The number of ketones is 1. The SMILES string of the molecule is C[Si](C)(C)CCOCN1C(=O)C(F)(F)c2ccc(Br)cc21.O=C1Nc2cc(Br)ccc2C1(F)F.O=C1Nc2cc(Br)ccc2C1=O. The van der Waals surface area contributed by atoms with Crippen molar-refractivity contribution in [2.75, 3.05) is 28.9 Å². The summed E-state index contributed by atoms with van der Waals surface area (Å²) in [5.74, 6) is -10.4. The highest BCUT2D eigenvalue weighted by molar-refractivity contribution is 9.11. The van der Waals surface area contributed by atoms with E-state index in [1.165, 1.54) is 36.4 Å². The molecule has 0 saturated carbocycles. The van der Waals surface area contributed by atoms with Crippen LogP contribution in [0.5, 0.6) is 0 Å². The minimum atomic E-state index is -3.47. The third-order valence-corrected chi connectivity index (χ3v) is 10.0. The second-order valence-electron chi connectivity index (χ2n) is 11.5. The maximum atomic E-state index is 14.0. The van der Waals surface area contributed by atoms with E-state index in [0.717, 1.165) is 15.4 Å². The number of carbonyl (C=O) groups excluding carboxylic acids is 4. The van der Waals surface area contributed by atoms with Crippen molar-refractivity contribution in [3.8, 4) is 0 Å². The topological polar surface area (TPSA) is 105 Å². The Morgan fingerprint density at radius 3 is 1.96 bits per heavy atom. The lowest BCUT2D eigenvalue weighted by Gasteiger charge is -2.20. The van der Waals surface area contributed by atoms with Crippen LogP contribution in [-0.2, 0) is 31.0 Å². The van der Waals surface area contributed by atoms with E-state index in [2.05, 4.69) is 78.1 Å². The normalized spacial score (nSPS) is 16.8. The van der Waals surface area contributed by atoms with Crippen LogP contribution < -0.4 is 15.5 Å². The zero-order valence-electron chi connectivity index (χ0n) is 24.5. The molecular formula is C30H26Br3F4N3O5Si. The zero-order chi connectivity index (χ0) is 34.2. The molecule has 3 aromatic carbocycles. The average molecular weight is 852 g/mol. The number of rotatable bonds is 5. The summed E-state index contributed by atoms with van der Waals surface area (Å²) < 4.78 is 61.6. The summed E-state index contributed by atoms with van der Waals surface area (Å²) in [6.45, 7) is 6.96. The zero-order valence-corrected chi connectivity index (χ0v) is 30.2. The van der Waals surface area contributed by atoms with Crippen molar-refractivity contribution in [2.45, 2.75) is 37.5 Å². The van der Waals surface area contributed by atoms with Crippen molar-refractivity contribution in [3.63, 3.8) is 0 Å². The molecular weight excluding hydrogens is 826 g/mol. The van der Waals surface area contributed by atoms with Crippen LogP contribution in [0.2, 0.25) is 25.7 Å². The molecule has 0 bridgehead atoms. The quantitative estimate of drug-likeness (QED) is 0.117. The number of alkyl halides is 4. The van der Waals surface area contributed by atoms with Gasteiger partial charge in [0, 0.05) is 28.1 Å². The van der Waals surface area contributed by atoms with Gasteiger partial charge in [-0.05, 0) is 60.6 Å². The summed E-state index contributed by atoms with van der Waals surface area (Å²) in [6, 6.07) is 14.5. The molecule has 3 amide bonds. The first kappa shape index (κ1) is 35.9. The van der Waals surface area contributed by atoms with Gasteiger partial charge in [-0.3, -0.25) is 24.1 Å². The van der Waals surface area contributed by atoms with Gasteiger partial charge in [0.2, 0.25) is 0 Å². The number of carbonyl (C=O) groups is 4. The smallest absolute Gasteiger partial charge is 0.352 e. The Balaban J connectivity index is 0.000000165. The van der Waals surface area contributed by atoms with Gasteiger partial charge in [0.1, 0.15) is 6.73 Å². The summed E-state index contributed by atoms with van der Waals surface area (Å²) in [7, 11) is -1.24. The van der Waals surface area contributed by atoms with Gasteiger partial charge < -0.3 is 15.4 Å². The van der Waals surface area contributed by atoms with E-state index in [-0.39, 0.29) is 29.2 Å². The lowest BCUT2D eigenvalue weighted by atomic mass is 10.1. The summed E-state index contributed by atoms with van der Waals surface area (Å²) in [5, 5.41) is 4.58. The fraction of sp³-hybridized carbons (Fsp3) is 0.267. The molecule has 0 atom stereocenters. The van der Waals surface area contributed by atoms with Gasteiger partial charge in [-0.25, -0.2) is 0 Å². The Morgan fingerprint density at radius 2 is 1.33 bits per heavy atom. The van der Waals surface area contributed by atoms with Crippen molar-refractivity contribution in [2.24, 2.45) is 0 Å². The predicted octanol–water partition coefficient (Wildman–Crippen LogP) is 8.28. The molecule has 0 unspecified atom stereocenters. The number of fused-ring (bicyclic) bond motifs is 3. The summed E-state index contributed by atoms with van der Waals surface area (Å²) in [5.41, 5.74) is 0.893. The number of nitrogens with one attached hydrogen (secondary N) is 2. The van der Waals surface area contributed by atoms with E-state index in [0.29, 0.717) is 26.8 Å². The van der Waals surface area contributed by atoms with Gasteiger partial charge in [0.05, 0.1) is 33.8 Å². The summed E-state index contributed by atoms with van der Waals surface area (Å²) in [4.78, 5) is 45.6. The number of hydrogen-bond donors (Lipinski definition) is 2. The molecule has 8 nitrogen and oxygen atoms in total. The predicted molar refractivity (Wildman–Crippen MR) is 178 cm³/mol. The average Bonchev–Trinajstić information content (AvgIpc) is 3.43. The first-order chi connectivity index (χ1) is 21.3. The van der Waals surface area contributed by atoms with Crippen LogP contribution in [0.3, 0.4) is 0 Å². The lowest BCUT2D eigenvalue weighted by Crippen LogP contribution is -2.36. The van der Waals surface area contributed by atoms with Crippen LogP contribution in [0.25, 0.3) is 0 Å². The van der Waals surface area contributed by atoms with E-state index < -0.39 is 43.4 Å². The Labute approximate surface area is 287 Å². The van der Waals surface area contributed by atoms with E-state index >= 15 is 0 Å². The maximum absolute atomic E-state index is 14.0. The molecule has 0 saturated heterocycles. The minimum Gasteiger partial charge on any atom is -0.361 e. The Kier molecular flexibility index (Phi) is 10.7. The molecule has 3 aliphatic rings. The molecule has 3 aliphatic heterocycles. The number of Topliss-reactive ketones (excluding diaryl/α,β-unsaturated/α-hetero) is 1. The summed E-state index contributed by atoms with van der Waals surface area (Å²) >= 11 is 9.61. The van der Waals surface area contributed by atoms with Crippen molar-refractivity contribution < 1.29 is 41.5 Å². The van der Waals surface area contributed by atoms with Crippen LogP contribution in [0.4, 0.5) is 34.6 Å². The molecule has 3 heterocycles. The molecule has 2 N–H and O–H groups in total. The molecule has 16 heteroatoms. The molecule has 244 valence electrons. The Bertz CT molecular complexity index is 1740. The van der Waals surface area contributed by atoms with Crippen LogP contribution >= 0.6 is 47.8 Å². The van der Waals surface area contributed by atoms with Crippen LogP contribution in [0.15, 0.2) is 68.0 Å². The third kappa shape index (κ3) is 7.78. The highest BCUT2D eigenvalue weighted by atomic mass is 79.9. The molecule has 0 spiro atoms. The molecule has 46 heavy (non-hydrogen) atoms. The van der Waals surface area contributed by atoms with Crippen molar-refractivity contribution in [3.05, 3.63) is 84.7 Å². The first-order valence-electron chi connectivity index (χ1n) is 13.5. The van der Waals surface area contributed by atoms with Gasteiger partial charge in [0.15, 0.2) is 0 Å². The van der Waals surface area contributed by atoms with Crippen molar-refractivity contribution >= 4 is 96.4 Å². The fourth-order valence-corrected chi connectivity index (χ4v) is 6.21. The molecule has 0 radical (unpaired) electrons. The number of ether oxygens (including phenoxy) is 1. The molecule has 6 rings (SSSR count). The molecule has 0 aliphatic carbocycles. The molecule has 3 aromatic rings. The second-order valence-corrected chi connectivity index (χ2v) is 19.9. The molecule has 0 aromatic heterocycles. The monoisotopic (exact) mass is 849 g/mol. The van der Waals surface area contributed by atoms with E-state index in [1.807, 2.05) is 0 Å². The van der Waals surface area contributed by atoms with Gasteiger partial charge >= 0.3 is 17.8 Å². The Hall–Kier alpha value is -2.92. The number of hydrogen-bond acceptors (Lipinski definition) is 5. The third-order valence-electron chi connectivity index (χ3n) is 6.85. The summed E-state index contributed by atoms with van der Waals surface area (Å²) in [6.07, 6.45) is 0. The van der Waals surface area contributed by atoms with Crippen molar-refractivity contribution in [1.82, 2.24) is 0 Å². The number of amides is 3. The number of halogens is 7. The standard InChI is InChI=1S/C14H18BrF2NO2Si.C8H4BrF2NO.C8H4BrNO2/c1-21(2,3)7-6-20-9-18-12-8-10(15)4-5-11(12)14(16,17)13(18)19;9-4-1-2-5-6(3-4)12-7(13)8(5,10)11;9-4-1-2-5-6(3-4)10-8(12)7(5)11/h4-5,8H,6-7,9H2,1-3H3;1-3H,(H,12,13);1-3H,(H,10,11,12). The van der Waals surface area contributed by atoms with E-state index in [1.54, 1.807) is 18.2 Å². The van der Waals surface area contributed by atoms with E-state index in [4.69, 9.17) is 4.74 Å². The lowest BCUT2D eigenvalue weighted by molar-refractivity contribution is -0.142. The highest BCUT2D eigenvalue weighted by Crippen LogP contribution is 2.45. The van der Waals surface area contributed by atoms with E-state index in [9.17, 15) is 36.7 Å². The fourth-order valence-electron chi connectivity index (χ4n) is 4.39. The Morgan fingerprint density at radius 1 is 0.761 bits per heavy atom.